The van der Waals surface area contributed by atoms with Crippen LogP contribution in [0, 0.1) is 11.8 Å². The Labute approximate surface area is 134 Å². The van der Waals surface area contributed by atoms with Crippen LogP contribution >= 0.6 is 0 Å². The number of piperidine rings is 1. The average molecular weight is 312 g/mol. The van der Waals surface area contributed by atoms with Crippen LogP contribution in [-0.4, -0.2) is 56.1 Å². The Morgan fingerprint density at radius 3 is 2.64 bits per heavy atom. The van der Waals surface area contributed by atoms with E-state index in [9.17, 15) is 9.59 Å². The summed E-state index contributed by atoms with van der Waals surface area (Å²) in [4.78, 5) is 26.0. The van der Waals surface area contributed by atoms with Crippen molar-refractivity contribution in [3.63, 3.8) is 0 Å². The van der Waals surface area contributed by atoms with Crippen molar-refractivity contribution in [1.82, 2.24) is 20.9 Å². The molecule has 22 heavy (non-hydrogen) atoms. The summed E-state index contributed by atoms with van der Waals surface area (Å²) in [6, 6.07) is -0.0455. The lowest BCUT2D eigenvalue weighted by Gasteiger charge is -2.32. The molecule has 1 fully saturated rings. The first-order valence-corrected chi connectivity index (χ1v) is 8.55. The normalized spacial score (nSPS) is 18.4. The average Bonchev–Trinajstić information content (AvgIpc) is 2.52. The molecule has 0 saturated carbocycles. The lowest BCUT2D eigenvalue weighted by Crippen LogP contribution is -2.49. The van der Waals surface area contributed by atoms with Crippen LogP contribution in [-0.2, 0) is 4.79 Å². The first-order valence-electron chi connectivity index (χ1n) is 8.55. The first kappa shape index (κ1) is 18.7. The van der Waals surface area contributed by atoms with E-state index in [2.05, 4.69) is 36.7 Å². The lowest BCUT2D eigenvalue weighted by atomic mass is 9.97. The number of hydrogen-bond acceptors (Lipinski definition) is 3. The van der Waals surface area contributed by atoms with Crippen LogP contribution in [0.4, 0.5) is 4.79 Å². The quantitative estimate of drug-likeness (QED) is 0.589. The Bertz CT molecular complexity index is 347. The predicted octanol–water partition coefficient (Wildman–Crippen LogP) is 1.18. The minimum absolute atomic E-state index is 0.0455. The van der Waals surface area contributed by atoms with Crippen molar-refractivity contribution in [3.05, 3.63) is 0 Å². The summed E-state index contributed by atoms with van der Waals surface area (Å²) in [6.45, 7) is 10.6. The molecule has 1 rings (SSSR count). The molecule has 128 valence electrons. The third-order valence-corrected chi connectivity index (χ3v) is 3.77. The smallest absolute Gasteiger partial charge is 0.317 e. The van der Waals surface area contributed by atoms with Gasteiger partial charge in [0.1, 0.15) is 0 Å². The SMILES string of the molecule is CCCNCCNC(=O)C1CCCN(C(=O)NCC(C)C)C1. The van der Waals surface area contributed by atoms with E-state index in [1.807, 2.05) is 0 Å². The number of nitrogens with zero attached hydrogens (tertiary/aromatic N) is 1. The van der Waals surface area contributed by atoms with Gasteiger partial charge in [-0.3, -0.25) is 4.79 Å². The number of amides is 3. The van der Waals surface area contributed by atoms with Gasteiger partial charge in [0, 0.05) is 32.7 Å². The summed E-state index contributed by atoms with van der Waals surface area (Å²) in [7, 11) is 0. The topological polar surface area (TPSA) is 73.5 Å². The number of nitrogens with one attached hydrogen (secondary N) is 3. The molecule has 0 aromatic heterocycles. The zero-order valence-corrected chi connectivity index (χ0v) is 14.3. The minimum atomic E-state index is -0.0790. The minimum Gasteiger partial charge on any atom is -0.355 e. The highest BCUT2D eigenvalue weighted by atomic mass is 16.2. The maximum absolute atomic E-state index is 12.2. The fraction of sp³-hybridized carbons (Fsp3) is 0.875. The molecular formula is C16H32N4O2. The summed E-state index contributed by atoms with van der Waals surface area (Å²) in [6.07, 6.45) is 2.85. The van der Waals surface area contributed by atoms with Gasteiger partial charge in [-0.2, -0.15) is 0 Å². The fourth-order valence-corrected chi connectivity index (χ4v) is 2.50. The van der Waals surface area contributed by atoms with Gasteiger partial charge < -0.3 is 20.9 Å². The predicted molar refractivity (Wildman–Crippen MR) is 88.7 cm³/mol. The van der Waals surface area contributed by atoms with E-state index in [1.165, 1.54) is 0 Å². The molecule has 0 radical (unpaired) electrons. The van der Waals surface area contributed by atoms with E-state index in [-0.39, 0.29) is 17.9 Å². The number of likely N-dealkylation sites (tertiary alicyclic amines) is 1. The van der Waals surface area contributed by atoms with Gasteiger partial charge >= 0.3 is 6.03 Å². The van der Waals surface area contributed by atoms with E-state index in [4.69, 9.17) is 0 Å². The molecular weight excluding hydrogens is 280 g/mol. The van der Waals surface area contributed by atoms with Crippen LogP contribution in [0.5, 0.6) is 0 Å². The largest absolute Gasteiger partial charge is 0.355 e. The Morgan fingerprint density at radius 1 is 1.18 bits per heavy atom. The second kappa shape index (κ2) is 10.4. The van der Waals surface area contributed by atoms with E-state index < -0.39 is 0 Å². The summed E-state index contributed by atoms with van der Waals surface area (Å²) in [5.74, 6) is 0.424. The fourth-order valence-electron chi connectivity index (χ4n) is 2.50. The number of carbonyl (C=O) groups is 2. The van der Waals surface area contributed by atoms with Gasteiger partial charge in [-0.25, -0.2) is 4.79 Å². The number of hydrogen-bond donors (Lipinski definition) is 3. The van der Waals surface area contributed by atoms with Crippen molar-refractivity contribution >= 4 is 11.9 Å². The summed E-state index contributed by atoms with van der Waals surface area (Å²) in [5, 5.41) is 9.14. The molecule has 1 saturated heterocycles. The van der Waals surface area contributed by atoms with Crippen molar-refractivity contribution in [1.29, 1.82) is 0 Å². The molecule has 6 heteroatoms. The van der Waals surface area contributed by atoms with Crippen LogP contribution in [0.25, 0.3) is 0 Å². The number of rotatable bonds is 8. The second-order valence-electron chi connectivity index (χ2n) is 6.41. The molecule has 6 nitrogen and oxygen atoms in total. The van der Waals surface area contributed by atoms with Gasteiger partial charge in [0.05, 0.1) is 5.92 Å². The molecule has 3 amide bonds. The molecule has 0 aromatic carbocycles. The van der Waals surface area contributed by atoms with Crippen molar-refractivity contribution in [3.8, 4) is 0 Å². The third-order valence-electron chi connectivity index (χ3n) is 3.77. The second-order valence-corrected chi connectivity index (χ2v) is 6.41. The Hall–Kier alpha value is -1.30. The zero-order chi connectivity index (χ0) is 16.4. The lowest BCUT2D eigenvalue weighted by molar-refractivity contribution is -0.126. The zero-order valence-electron chi connectivity index (χ0n) is 14.3. The Kier molecular flexibility index (Phi) is 8.89. The molecule has 1 aliphatic rings. The van der Waals surface area contributed by atoms with Gasteiger partial charge in [-0.05, 0) is 31.7 Å². The van der Waals surface area contributed by atoms with Crippen molar-refractivity contribution in [2.45, 2.75) is 40.0 Å². The van der Waals surface area contributed by atoms with E-state index in [0.717, 1.165) is 38.9 Å². The van der Waals surface area contributed by atoms with Gasteiger partial charge in [0.25, 0.3) is 0 Å². The molecule has 1 heterocycles. The van der Waals surface area contributed by atoms with E-state index in [1.54, 1.807) is 4.90 Å². The third kappa shape index (κ3) is 7.11. The number of urea groups is 1. The van der Waals surface area contributed by atoms with E-state index in [0.29, 0.717) is 25.6 Å². The van der Waals surface area contributed by atoms with E-state index >= 15 is 0 Å². The number of carbonyl (C=O) groups excluding carboxylic acids is 2. The molecule has 1 aliphatic heterocycles. The van der Waals surface area contributed by atoms with Crippen LogP contribution < -0.4 is 16.0 Å². The van der Waals surface area contributed by atoms with Gasteiger partial charge in [0.15, 0.2) is 0 Å². The van der Waals surface area contributed by atoms with Crippen LogP contribution in [0.1, 0.15) is 40.0 Å². The Balaban J connectivity index is 2.29. The van der Waals surface area contributed by atoms with Gasteiger partial charge in [-0.15, -0.1) is 0 Å². The maximum Gasteiger partial charge on any atom is 0.317 e. The van der Waals surface area contributed by atoms with Crippen LogP contribution in [0.15, 0.2) is 0 Å². The first-order chi connectivity index (χ1) is 10.5. The summed E-state index contributed by atoms with van der Waals surface area (Å²) >= 11 is 0. The van der Waals surface area contributed by atoms with Crippen LogP contribution in [0.2, 0.25) is 0 Å². The molecule has 1 atom stereocenters. The molecule has 0 spiro atoms. The maximum atomic E-state index is 12.2. The molecule has 0 aliphatic carbocycles. The highest BCUT2D eigenvalue weighted by Gasteiger charge is 2.28. The van der Waals surface area contributed by atoms with Crippen molar-refractivity contribution in [2.24, 2.45) is 11.8 Å². The molecule has 1 unspecified atom stereocenters. The standard InChI is InChI=1S/C16H32N4O2/c1-4-7-17-8-9-18-15(21)14-6-5-10-20(12-14)16(22)19-11-13(2)3/h13-14,17H,4-12H2,1-3H3,(H,18,21)(H,19,22). The van der Waals surface area contributed by atoms with Crippen molar-refractivity contribution < 1.29 is 9.59 Å². The molecule has 0 bridgehead atoms. The molecule has 3 N–H and O–H groups in total. The molecule has 0 aromatic rings. The highest BCUT2D eigenvalue weighted by Crippen LogP contribution is 2.16. The van der Waals surface area contributed by atoms with Gasteiger partial charge in [0.2, 0.25) is 5.91 Å². The van der Waals surface area contributed by atoms with Gasteiger partial charge in [-0.1, -0.05) is 20.8 Å². The monoisotopic (exact) mass is 312 g/mol. The summed E-state index contributed by atoms with van der Waals surface area (Å²) < 4.78 is 0. The highest BCUT2D eigenvalue weighted by molar-refractivity contribution is 5.80. The Morgan fingerprint density at radius 2 is 1.95 bits per heavy atom. The summed E-state index contributed by atoms with van der Waals surface area (Å²) in [5.41, 5.74) is 0. The van der Waals surface area contributed by atoms with Crippen LogP contribution in [0.3, 0.4) is 0 Å². The van der Waals surface area contributed by atoms with Crippen molar-refractivity contribution in [2.75, 3.05) is 39.3 Å².